The van der Waals surface area contributed by atoms with E-state index in [1.165, 1.54) is 0 Å². The van der Waals surface area contributed by atoms with E-state index in [9.17, 15) is 4.79 Å². The Kier molecular flexibility index (Phi) is 8.38. The first kappa shape index (κ1) is 20.2. The fraction of sp³-hybridized carbons (Fsp3) is 0.400. The van der Waals surface area contributed by atoms with E-state index in [4.69, 9.17) is 16.3 Å². The maximum atomic E-state index is 11.8. The van der Waals surface area contributed by atoms with Crippen LogP contribution in [0.1, 0.15) is 26.7 Å². The fourth-order valence-electron chi connectivity index (χ4n) is 2.58. The molecule has 2 aromatic rings. The Morgan fingerprint density at radius 2 is 1.77 bits per heavy atom. The minimum absolute atomic E-state index is 0.281. The molecular weight excluding hydrogens is 350 g/mol. The van der Waals surface area contributed by atoms with Gasteiger partial charge in [0.15, 0.2) is 0 Å². The molecule has 2 rings (SSSR count). The molecule has 0 aliphatic rings. The number of ether oxygens (including phenoxy) is 1. The van der Waals surface area contributed by atoms with Gasteiger partial charge in [0.25, 0.3) is 0 Å². The van der Waals surface area contributed by atoms with Crippen molar-refractivity contribution in [3.8, 4) is 17.0 Å². The van der Waals surface area contributed by atoms with Crippen LogP contribution in [0.25, 0.3) is 11.1 Å². The highest BCUT2D eigenvalue weighted by Gasteiger charge is 2.06. The summed E-state index contributed by atoms with van der Waals surface area (Å²) in [4.78, 5) is 18.4. The van der Waals surface area contributed by atoms with E-state index in [0.29, 0.717) is 11.6 Å². The molecule has 0 aliphatic carbocycles. The van der Waals surface area contributed by atoms with Gasteiger partial charge in [0.1, 0.15) is 0 Å². The van der Waals surface area contributed by atoms with Crippen LogP contribution in [0.3, 0.4) is 0 Å². The number of pyridine rings is 1. The molecule has 0 fully saturated rings. The Hall–Kier alpha value is -2.11. The Balaban J connectivity index is 1.73. The lowest BCUT2D eigenvalue weighted by Crippen LogP contribution is -2.29. The second-order valence-corrected chi connectivity index (χ2v) is 6.38. The van der Waals surface area contributed by atoms with E-state index in [0.717, 1.165) is 43.6 Å². The Morgan fingerprint density at radius 3 is 2.38 bits per heavy atom. The van der Waals surface area contributed by atoms with E-state index < -0.39 is 6.09 Å². The van der Waals surface area contributed by atoms with E-state index in [2.05, 4.69) is 29.0 Å². The minimum Gasteiger partial charge on any atom is -0.391 e. The van der Waals surface area contributed by atoms with Gasteiger partial charge in [-0.3, -0.25) is 0 Å². The summed E-state index contributed by atoms with van der Waals surface area (Å²) in [6, 6.07) is 11.0. The number of hydrogen-bond donors (Lipinski definition) is 1. The van der Waals surface area contributed by atoms with Gasteiger partial charge in [-0.15, -0.1) is 0 Å². The molecule has 0 radical (unpaired) electrons. The summed E-state index contributed by atoms with van der Waals surface area (Å²) in [5, 5.41) is 3.45. The minimum atomic E-state index is -0.473. The normalized spacial score (nSPS) is 10.8. The number of halogens is 1. The van der Waals surface area contributed by atoms with Crippen LogP contribution in [0.15, 0.2) is 42.6 Å². The number of nitrogens with zero attached hydrogens (tertiary/aromatic N) is 2. The summed E-state index contributed by atoms with van der Waals surface area (Å²) < 4.78 is 5.20. The topological polar surface area (TPSA) is 54.5 Å². The molecule has 1 aromatic carbocycles. The average molecular weight is 376 g/mol. The maximum Gasteiger partial charge on any atom is 0.413 e. The van der Waals surface area contributed by atoms with Crippen LogP contribution >= 0.6 is 11.6 Å². The molecule has 26 heavy (non-hydrogen) atoms. The number of aromatic nitrogens is 1. The maximum absolute atomic E-state index is 11.8. The van der Waals surface area contributed by atoms with Crippen molar-refractivity contribution in [3.05, 3.63) is 47.6 Å². The van der Waals surface area contributed by atoms with Crippen LogP contribution in [0.5, 0.6) is 5.88 Å². The number of carbonyl (C=O) groups is 1. The second kappa shape index (κ2) is 10.8. The van der Waals surface area contributed by atoms with Gasteiger partial charge in [-0.05, 0) is 56.2 Å². The lowest BCUT2D eigenvalue weighted by atomic mass is 10.1. The molecule has 0 spiro atoms. The number of rotatable bonds is 9. The number of benzene rings is 1. The third-order valence-electron chi connectivity index (χ3n) is 4.18. The summed E-state index contributed by atoms with van der Waals surface area (Å²) in [6.07, 6.45) is 3.18. The summed E-state index contributed by atoms with van der Waals surface area (Å²) in [7, 11) is 0. The van der Waals surface area contributed by atoms with Gasteiger partial charge < -0.3 is 15.0 Å². The first-order valence-electron chi connectivity index (χ1n) is 9.02. The van der Waals surface area contributed by atoms with Crippen LogP contribution in [-0.2, 0) is 0 Å². The fourth-order valence-corrected chi connectivity index (χ4v) is 2.70. The largest absolute Gasteiger partial charge is 0.413 e. The van der Waals surface area contributed by atoms with Crippen LogP contribution < -0.4 is 10.1 Å². The summed E-state index contributed by atoms with van der Waals surface area (Å²) in [5.74, 6) is 0.281. The summed E-state index contributed by atoms with van der Waals surface area (Å²) in [6.45, 7) is 8.09. The van der Waals surface area contributed by atoms with E-state index in [1.807, 2.05) is 30.3 Å². The number of unbranched alkanes of at least 4 members (excludes halogenated alkanes) is 1. The van der Waals surface area contributed by atoms with Crippen LogP contribution in [-0.4, -0.2) is 42.2 Å². The van der Waals surface area contributed by atoms with Crippen molar-refractivity contribution in [2.24, 2.45) is 0 Å². The van der Waals surface area contributed by atoms with Gasteiger partial charge in [-0.1, -0.05) is 37.6 Å². The highest BCUT2D eigenvalue weighted by Crippen LogP contribution is 2.22. The molecular formula is C20H26ClN3O2. The standard InChI is InChI=1S/C20H26ClN3O2/c1-3-24(4-2)14-6-5-13-22-20(25)26-19-12-9-17(15-23-19)16-7-10-18(21)11-8-16/h7-12,15H,3-6,13-14H2,1-2H3,(H,22,25). The molecule has 0 unspecified atom stereocenters. The summed E-state index contributed by atoms with van der Waals surface area (Å²) in [5.41, 5.74) is 1.94. The molecule has 6 heteroatoms. The SMILES string of the molecule is CCN(CC)CCCCNC(=O)Oc1ccc(-c2ccc(Cl)cc2)cn1. The molecule has 0 saturated heterocycles. The van der Waals surface area contributed by atoms with E-state index in [1.54, 1.807) is 12.3 Å². The third-order valence-corrected chi connectivity index (χ3v) is 4.43. The average Bonchev–Trinajstić information content (AvgIpc) is 2.66. The molecule has 0 saturated carbocycles. The number of carbonyl (C=O) groups excluding carboxylic acids is 1. The lowest BCUT2D eigenvalue weighted by Gasteiger charge is -2.17. The first-order valence-corrected chi connectivity index (χ1v) is 9.40. The van der Waals surface area contributed by atoms with E-state index >= 15 is 0 Å². The zero-order valence-corrected chi connectivity index (χ0v) is 16.1. The molecule has 1 heterocycles. The Morgan fingerprint density at radius 1 is 1.08 bits per heavy atom. The van der Waals surface area contributed by atoms with Crippen molar-refractivity contribution in [2.45, 2.75) is 26.7 Å². The first-order chi connectivity index (χ1) is 12.6. The zero-order chi connectivity index (χ0) is 18.8. The Bertz CT molecular complexity index is 670. The second-order valence-electron chi connectivity index (χ2n) is 5.94. The van der Waals surface area contributed by atoms with Crippen molar-refractivity contribution in [1.29, 1.82) is 0 Å². The molecule has 0 bridgehead atoms. The van der Waals surface area contributed by atoms with Gasteiger partial charge in [-0.25, -0.2) is 9.78 Å². The monoisotopic (exact) mass is 375 g/mol. The third kappa shape index (κ3) is 6.65. The highest BCUT2D eigenvalue weighted by atomic mass is 35.5. The molecule has 0 atom stereocenters. The molecule has 5 nitrogen and oxygen atoms in total. The van der Waals surface area contributed by atoms with Gasteiger partial charge in [0.2, 0.25) is 5.88 Å². The van der Waals surface area contributed by atoms with Crippen LogP contribution in [0.4, 0.5) is 4.79 Å². The number of amides is 1. The van der Waals surface area contributed by atoms with Crippen molar-refractivity contribution < 1.29 is 9.53 Å². The molecule has 0 aliphatic heterocycles. The Labute approximate surface area is 160 Å². The van der Waals surface area contributed by atoms with Crippen molar-refractivity contribution in [1.82, 2.24) is 15.2 Å². The smallest absolute Gasteiger partial charge is 0.391 e. The van der Waals surface area contributed by atoms with Crippen LogP contribution in [0.2, 0.25) is 5.02 Å². The molecule has 1 aromatic heterocycles. The molecule has 140 valence electrons. The van der Waals surface area contributed by atoms with Crippen molar-refractivity contribution in [3.63, 3.8) is 0 Å². The van der Waals surface area contributed by atoms with Gasteiger partial charge in [0, 0.05) is 29.4 Å². The van der Waals surface area contributed by atoms with Gasteiger partial charge in [0.05, 0.1) is 0 Å². The van der Waals surface area contributed by atoms with E-state index in [-0.39, 0.29) is 5.88 Å². The predicted octanol–water partition coefficient (Wildman–Crippen LogP) is 4.61. The lowest BCUT2D eigenvalue weighted by molar-refractivity contribution is 0.198. The molecule has 1 N–H and O–H groups in total. The number of hydrogen-bond acceptors (Lipinski definition) is 4. The van der Waals surface area contributed by atoms with Gasteiger partial charge >= 0.3 is 6.09 Å². The van der Waals surface area contributed by atoms with Crippen molar-refractivity contribution >= 4 is 17.7 Å². The number of nitrogens with one attached hydrogen (secondary N) is 1. The highest BCUT2D eigenvalue weighted by molar-refractivity contribution is 6.30. The van der Waals surface area contributed by atoms with Crippen molar-refractivity contribution in [2.75, 3.05) is 26.2 Å². The van der Waals surface area contributed by atoms with Crippen LogP contribution in [0, 0.1) is 0 Å². The quantitative estimate of drug-likeness (QED) is 0.650. The molecule has 1 amide bonds. The zero-order valence-electron chi connectivity index (χ0n) is 15.4. The predicted molar refractivity (Wildman–Crippen MR) is 106 cm³/mol. The van der Waals surface area contributed by atoms with Gasteiger partial charge in [-0.2, -0.15) is 0 Å². The summed E-state index contributed by atoms with van der Waals surface area (Å²) >= 11 is 5.89.